The standard InChI is InChI=1S/C22H18F3N5O2/c23-22(24,25)19-18(29-21(32-19)14-4-2-1-3-5-14)20(31)28-16-6-7-17(15(12-16)13-26)30-10-8-27-9-11-30/h1-7,12,27H,8-11H2,(H,28,31). The van der Waals surface area contributed by atoms with E-state index in [1.165, 1.54) is 18.2 Å². The lowest BCUT2D eigenvalue weighted by atomic mass is 10.1. The van der Waals surface area contributed by atoms with Gasteiger partial charge in [-0.2, -0.15) is 18.4 Å². The monoisotopic (exact) mass is 441 g/mol. The Morgan fingerprint density at radius 1 is 1.16 bits per heavy atom. The molecule has 7 nitrogen and oxygen atoms in total. The topological polar surface area (TPSA) is 94.2 Å². The van der Waals surface area contributed by atoms with E-state index < -0.39 is 23.5 Å². The van der Waals surface area contributed by atoms with Gasteiger partial charge in [0.2, 0.25) is 11.7 Å². The lowest BCUT2D eigenvalue weighted by molar-refractivity contribution is -0.153. The summed E-state index contributed by atoms with van der Waals surface area (Å²) in [5, 5.41) is 15.1. The highest BCUT2D eigenvalue weighted by Crippen LogP contribution is 2.35. The minimum absolute atomic E-state index is 0.183. The number of rotatable bonds is 4. The van der Waals surface area contributed by atoms with Gasteiger partial charge in [0.25, 0.3) is 5.91 Å². The molecule has 2 N–H and O–H groups in total. The number of hydrogen-bond acceptors (Lipinski definition) is 6. The van der Waals surface area contributed by atoms with Crippen LogP contribution in [0, 0.1) is 11.3 Å². The molecule has 164 valence electrons. The Hall–Kier alpha value is -3.84. The van der Waals surface area contributed by atoms with Crippen molar-refractivity contribution in [2.75, 3.05) is 36.4 Å². The maximum atomic E-state index is 13.5. The molecule has 32 heavy (non-hydrogen) atoms. The Morgan fingerprint density at radius 3 is 2.53 bits per heavy atom. The Labute approximate surface area is 181 Å². The van der Waals surface area contributed by atoms with Gasteiger partial charge in [0.15, 0.2) is 5.69 Å². The molecule has 0 radical (unpaired) electrons. The second kappa shape index (κ2) is 8.72. The molecule has 1 saturated heterocycles. The van der Waals surface area contributed by atoms with Gasteiger partial charge in [-0.15, -0.1) is 0 Å². The van der Waals surface area contributed by atoms with Crippen LogP contribution >= 0.6 is 0 Å². The van der Waals surface area contributed by atoms with E-state index in [9.17, 15) is 23.2 Å². The molecule has 2 heterocycles. The second-order valence-electron chi connectivity index (χ2n) is 7.10. The zero-order chi connectivity index (χ0) is 22.7. The number of hydrogen-bond donors (Lipinski definition) is 2. The first-order valence-corrected chi connectivity index (χ1v) is 9.81. The van der Waals surface area contributed by atoms with Crippen LogP contribution in [0.4, 0.5) is 24.5 Å². The molecule has 10 heteroatoms. The number of carbonyl (C=O) groups is 1. The Kier molecular flexibility index (Phi) is 5.83. The summed E-state index contributed by atoms with van der Waals surface area (Å²) in [6.07, 6.45) is -4.91. The number of anilines is 2. The number of carbonyl (C=O) groups excluding carboxylic acids is 1. The summed E-state index contributed by atoms with van der Waals surface area (Å²) in [5.74, 6) is -2.87. The molecule has 0 spiro atoms. The second-order valence-corrected chi connectivity index (χ2v) is 7.10. The Balaban J connectivity index is 1.62. The van der Waals surface area contributed by atoms with E-state index in [-0.39, 0.29) is 11.6 Å². The van der Waals surface area contributed by atoms with Crippen LogP contribution in [-0.4, -0.2) is 37.1 Å². The van der Waals surface area contributed by atoms with Gasteiger partial charge in [0.05, 0.1) is 11.3 Å². The molecule has 2 aromatic carbocycles. The molecule has 1 aliphatic heterocycles. The number of nitrogens with one attached hydrogen (secondary N) is 2. The average molecular weight is 441 g/mol. The number of nitriles is 1. The van der Waals surface area contributed by atoms with Crippen molar-refractivity contribution >= 4 is 17.3 Å². The third kappa shape index (κ3) is 4.43. The van der Waals surface area contributed by atoms with Gasteiger partial charge < -0.3 is 20.0 Å². The van der Waals surface area contributed by atoms with Gasteiger partial charge in [-0.3, -0.25) is 4.79 Å². The molecule has 1 amide bonds. The first-order chi connectivity index (χ1) is 15.4. The van der Waals surface area contributed by atoms with Gasteiger partial charge in [-0.05, 0) is 30.3 Å². The van der Waals surface area contributed by atoms with Gasteiger partial charge in [0, 0.05) is 37.4 Å². The van der Waals surface area contributed by atoms with Crippen LogP contribution in [0.5, 0.6) is 0 Å². The third-order valence-corrected chi connectivity index (χ3v) is 4.95. The van der Waals surface area contributed by atoms with E-state index in [1.54, 1.807) is 30.3 Å². The van der Waals surface area contributed by atoms with Crippen molar-refractivity contribution in [3.63, 3.8) is 0 Å². The quantitative estimate of drug-likeness (QED) is 0.638. The summed E-state index contributed by atoms with van der Waals surface area (Å²) in [6.45, 7) is 2.99. The molecule has 3 aromatic rings. The lowest BCUT2D eigenvalue weighted by Gasteiger charge is -2.30. The van der Waals surface area contributed by atoms with Crippen LogP contribution in [0.1, 0.15) is 21.8 Å². The first-order valence-electron chi connectivity index (χ1n) is 9.81. The number of benzene rings is 2. The molecule has 0 aliphatic carbocycles. The fourth-order valence-corrected chi connectivity index (χ4v) is 3.45. The smallest absolute Gasteiger partial charge is 0.431 e. The number of piperazine rings is 1. The molecule has 0 saturated carbocycles. The maximum absolute atomic E-state index is 13.5. The SMILES string of the molecule is N#Cc1cc(NC(=O)c2nc(-c3ccccc3)oc2C(F)(F)F)ccc1N1CCNCC1. The van der Waals surface area contributed by atoms with Crippen LogP contribution in [0.3, 0.4) is 0 Å². The zero-order valence-corrected chi connectivity index (χ0v) is 16.7. The Morgan fingerprint density at radius 2 is 1.88 bits per heavy atom. The molecular weight excluding hydrogens is 423 g/mol. The summed E-state index contributed by atoms with van der Waals surface area (Å²) >= 11 is 0. The normalized spacial score (nSPS) is 14.1. The fraction of sp³-hybridized carbons (Fsp3) is 0.227. The van der Waals surface area contributed by atoms with Crippen molar-refractivity contribution in [3.05, 3.63) is 65.5 Å². The number of oxazole rings is 1. The molecule has 1 fully saturated rings. The minimum atomic E-state index is -4.91. The van der Waals surface area contributed by atoms with Crippen LogP contribution < -0.4 is 15.5 Å². The number of halogens is 3. The van der Waals surface area contributed by atoms with Crippen molar-refractivity contribution in [1.82, 2.24) is 10.3 Å². The molecular formula is C22H18F3N5O2. The molecule has 0 unspecified atom stereocenters. The predicted octanol–water partition coefficient (Wildman–Crippen LogP) is 3.89. The molecule has 0 bridgehead atoms. The van der Waals surface area contributed by atoms with Crippen molar-refractivity contribution in [2.24, 2.45) is 0 Å². The number of nitrogens with zero attached hydrogens (tertiary/aromatic N) is 3. The van der Waals surface area contributed by atoms with Gasteiger partial charge in [0.1, 0.15) is 6.07 Å². The highest BCUT2D eigenvalue weighted by atomic mass is 19.4. The third-order valence-electron chi connectivity index (χ3n) is 4.95. The van der Waals surface area contributed by atoms with E-state index >= 15 is 0 Å². The van der Waals surface area contributed by atoms with E-state index in [4.69, 9.17) is 4.42 Å². The summed E-state index contributed by atoms with van der Waals surface area (Å²) in [7, 11) is 0. The van der Waals surface area contributed by atoms with Crippen LogP contribution in [0.25, 0.3) is 11.5 Å². The Bertz CT molecular complexity index is 1160. The minimum Gasteiger partial charge on any atom is -0.431 e. The summed E-state index contributed by atoms with van der Waals surface area (Å²) in [4.78, 5) is 18.5. The fourth-order valence-electron chi connectivity index (χ4n) is 3.45. The zero-order valence-electron chi connectivity index (χ0n) is 16.7. The molecule has 1 aliphatic rings. The van der Waals surface area contributed by atoms with Crippen LogP contribution in [0.15, 0.2) is 52.9 Å². The van der Waals surface area contributed by atoms with E-state index in [1.807, 2.05) is 4.90 Å². The highest BCUT2D eigenvalue weighted by molar-refractivity contribution is 6.04. The van der Waals surface area contributed by atoms with E-state index in [0.717, 1.165) is 26.2 Å². The van der Waals surface area contributed by atoms with E-state index in [0.29, 0.717) is 16.8 Å². The summed E-state index contributed by atoms with van der Waals surface area (Å²) in [6, 6.07) is 14.7. The first kappa shape index (κ1) is 21.4. The number of amides is 1. The summed E-state index contributed by atoms with van der Waals surface area (Å²) < 4.78 is 45.4. The largest absolute Gasteiger partial charge is 0.452 e. The van der Waals surface area contributed by atoms with Crippen molar-refractivity contribution in [3.8, 4) is 17.5 Å². The number of alkyl halides is 3. The summed E-state index contributed by atoms with van der Waals surface area (Å²) in [5.41, 5.74) is 0.634. The van der Waals surface area contributed by atoms with Crippen molar-refractivity contribution in [1.29, 1.82) is 5.26 Å². The van der Waals surface area contributed by atoms with Gasteiger partial charge in [-0.25, -0.2) is 4.98 Å². The van der Waals surface area contributed by atoms with Crippen molar-refractivity contribution in [2.45, 2.75) is 6.18 Å². The maximum Gasteiger partial charge on any atom is 0.452 e. The predicted molar refractivity (Wildman–Crippen MR) is 111 cm³/mol. The van der Waals surface area contributed by atoms with Crippen LogP contribution in [0.2, 0.25) is 0 Å². The average Bonchev–Trinajstić information content (AvgIpc) is 3.27. The van der Waals surface area contributed by atoms with Gasteiger partial charge >= 0.3 is 6.18 Å². The van der Waals surface area contributed by atoms with E-state index in [2.05, 4.69) is 21.7 Å². The molecule has 1 aromatic heterocycles. The lowest BCUT2D eigenvalue weighted by Crippen LogP contribution is -2.43. The highest BCUT2D eigenvalue weighted by Gasteiger charge is 2.42. The molecule has 4 rings (SSSR count). The van der Waals surface area contributed by atoms with Crippen molar-refractivity contribution < 1.29 is 22.4 Å². The van der Waals surface area contributed by atoms with Gasteiger partial charge in [-0.1, -0.05) is 18.2 Å². The molecule has 0 atom stereocenters. The van der Waals surface area contributed by atoms with Crippen LogP contribution in [-0.2, 0) is 6.18 Å². The number of aromatic nitrogens is 1.